The van der Waals surface area contributed by atoms with E-state index >= 15 is 0 Å². The average Bonchev–Trinajstić information content (AvgIpc) is 2.60. The summed E-state index contributed by atoms with van der Waals surface area (Å²) >= 11 is 5.45. The van der Waals surface area contributed by atoms with E-state index in [4.69, 9.17) is 0 Å². The van der Waals surface area contributed by atoms with Crippen molar-refractivity contribution in [2.45, 2.75) is 13.3 Å². The number of nitrogens with zero attached hydrogens (tertiary/aromatic N) is 1. The van der Waals surface area contributed by atoms with E-state index in [0.29, 0.717) is 0 Å². The molecule has 0 atom stereocenters. The Labute approximate surface area is 115 Å². The molecule has 92 valence electrons. The van der Waals surface area contributed by atoms with Crippen LogP contribution in [-0.4, -0.2) is 35.4 Å². The Hall–Kier alpha value is -0.480. The van der Waals surface area contributed by atoms with Crippen LogP contribution >= 0.6 is 27.7 Å². The lowest BCUT2D eigenvalue weighted by Gasteiger charge is -2.21. The summed E-state index contributed by atoms with van der Waals surface area (Å²) in [5, 5.41) is 0. The normalized spacial score (nSPS) is 16.7. The van der Waals surface area contributed by atoms with Gasteiger partial charge in [-0.25, -0.2) is 0 Å². The summed E-state index contributed by atoms with van der Waals surface area (Å²) in [5.74, 6) is 2.37. The van der Waals surface area contributed by atoms with Gasteiger partial charge in [0, 0.05) is 23.3 Å². The van der Waals surface area contributed by atoms with E-state index in [-0.39, 0.29) is 5.91 Å². The maximum absolute atomic E-state index is 12.4. The summed E-state index contributed by atoms with van der Waals surface area (Å²) in [7, 11) is 0. The Morgan fingerprint density at radius 2 is 2.18 bits per heavy atom. The van der Waals surface area contributed by atoms with Gasteiger partial charge in [0.05, 0.1) is 5.56 Å². The van der Waals surface area contributed by atoms with Crippen molar-refractivity contribution in [3.63, 3.8) is 0 Å². The van der Waals surface area contributed by atoms with Crippen molar-refractivity contribution in [2.24, 2.45) is 0 Å². The van der Waals surface area contributed by atoms with Gasteiger partial charge in [0.2, 0.25) is 0 Å². The summed E-state index contributed by atoms with van der Waals surface area (Å²) in [6.45, 7) is 3.76. The quantitative estimate of drug-likeness (QED) is 0.792. The van der Waals surface area contributed by atoms with Crippen LogP contribution in [0.2, 0.25) is 0 Å². The van der Waals surface area contributed by atoms with Gasteiger partial charge >= 0.3 is 0 Å². The molecule has 17 heavy (non-hydrogen) atoms. The third-order valence-corrected chi connectivity index (χ3v) is 5.03. The molecule has 0 unspecified atom stereocenters. The average molecular weight is 314 g/mol. The SMILES string of the molecule is Cc1cccc(C(=O)N2CCCSCC2)c1Br. The number of amides is 1. The molecule has 1 fully saturated rings. The Morgan fingerprint density at radius 3 is 3.00 bits per heavy atom. The van der Waals surface area contributed by atoms with E-state index in [1.807, 2.05) is 41.8 Å². The van der Waals surface area contributed by atoms with E-state index in [9.17, 15) is 4.79 Å². The highest BCUT2D eigenvalue weighted by Crippen LogP contribution is 2.23. The summed E-state index contributed by atoms with van der Waals surface area (Å²) in [5.41, 5.74) is 1.90. The van der Waals surface area contributed by atoms with Crippen LogP contribution in [0.5, 0.6) is 0 Å². The van der Waals surface area contributed by atoms with Gasteiger partial charge in [-0.3, -0.25) is 4.79 Å². The van der Waals surface area contributed by atoms with Gasteiger partial charge < -0.3 is 4.90 Å². The highest BCUT2D eigenvalue weighted by Gasteiger charge is 2.19. The molecule has 1 aromatic rings. The second-order valence-corrected chi connectivity index (χ2v) is 6.21. The number of halogens is 1. The number of hydrogen-bond donors (Lipinski definition) is 0. The first-order valence-electron chi connectivity index (χ1n) is 5.82. The number of benzene rings is 1. The van der Waals surface area contributed by atoms with Crippen molar-refractivity contribution >= 4 is 33.6 Å². The lowest BCUT2D eigenvalue weighted by Crippen LogP contribution is -2.33. The van der Waals surface area contributed by atoms with Crippen molar-refractivity contribution in [1.82, 2.24) is 4.90 Å². The Bertz CT molecular complexity index is 414. The summed E-state index contributed by atoms with van der Waals surface area (Å²) in [6, 6.07) is 5.86. The first kappa shape index (κ1) is 13.0. The smallest absolute Gasteiger partial charge is 0.255 e. The van der Waals surface area contributed by atoms with Gasteiger partial charge in [-0.15, -0.1) is 0 Å². The molecule has 0 N–H and O–H groups in total. The molecule has 1 amide bonds. The Morgan fingerprint density at radius 1 is 1.35 bits per heavy atom. The van der Waals surface area contributed by atoms with E-state index in [2.05, 4.69) is 15.9 Å². The zero-order chi connectivity index (χ0) is 12.3. The van der Waals surface area contributed by atoms with Crippen molar-refractivity contribution in [3.8, 4) is 0 Å². The Kier molecular flexibility index (Phi) is 4.51. The summed E-state index contributed by atoms with van der Waals surface area (Å²) in [4.78, 5) is 14.4. The summed E-state index contributed by atoms with van der Waals surface area (Å²) in [6.07, 6.45) is 1.10. The van der Waals surface area contributed by atoms with Crippen LogP contribution in [0.3, 0.4) is 0 Å². The predicted molar refractivity (Wildman–Crippen MR) is 76.7 cm³/mol. The molecule has 1 aromatic carbocycles. The van der Waals surface area contributed by atoms with Crippen molar-refractivity contribution in [3.05, 3.63) is 33.8 Å². The number of thioether (sulfide) groups is 1. The fraction of sp³-hybridized carbons (Fsp3) is 0.462. The lowest BCUT2D eigenvalue weighted by atomic mass is 10.1. The standard InChI is InChI=1S/C13H16BrNOS/c1-10-4-2-5-11(12(10)14)13(16)15-6-3-8-17-9-7-15/h2,4-5H,3,6-9H2,1H3. The molecule has 0 saturated carbocycles. The Balaban J connectivity index is 2.20. The van der Waals surface area contributed by atoms with Crippen LogP contribution in [0.25, 0.3) is 0 Å². The van der Waals surface area contributed by atoms with Gasteiger partial charge in [-0.2, -0.15) is 11.8 Å². The topological polar surface area (TPSA) is 20.3 Å². The minimum Gasteiger partial charge on any atom is -0.338 e. The molecule has 0 aromatic heterocycles. The molecule has 4 heteroatoms. The molecule has 0 spiro atoms. The number of aryl methyl sites for hydroxylation is 1. The van der Waals surface area contributed by atoms with Gasteiger partial charge in [0.15, 0.2) is 0 Å². The highest BCUT2D eigenvalue weighted by atomic mass is 79.9. The second kappa shape index (κ2) is 5.91. The van der Waals surface area contributed by atoms with Gasteiger partial charge in [-0.1, -0.05) is 12.1 Å². The third kappa shape index (κ3) is 3.05. The molecule has 1 aliphatic heterocycles. The minimum atomic E-state index is 0.156. The molecular formula is C13H16BrNOS. The van der Waals surface area contributed by atoms with Gasteiger partial charge in [-0.05, 0) is 46.7 Å². The monoisotopic (exact) mass is 313 g/mol. The largest absolute Gasteiger partial charge is 0.338 e. The molecule has 1 heterocycles. The molecule has 0 aliphatic carbocycles. The zero-order valence-electron chi connectivity index (χ0n) is 9.91. The van der Waals surface area contributed by atoms with E-state index < -0.39 is 0 Å². The van der Waals surface area contributed by atoms with Gasteiger partial charge in [0.1, 0.15) is 0 Å². The molecular weight excluding hydrogens is 298 g/mol. The van der Waals surface area contributed by atoms with Crippen LogP contribution in [0.1, 0.15) is 22.3 Å². The van der Waals surface area contributed by atoms with Crippen molar-refractivity contribution in [2.75, 3.05) is 24.6 Å². The summed E-state index contributed by atoms with van der Waals surface area (Å²) < 4.78 is 0.932. The van der Waals surface area contributed by atoms with E-state index in [1.165, 1.54) is 5.75 Å². The molecule has 2 nitrogen and oxygen atoms in total. The fourth-order valence-corrected chi connectivity index (χ4v) is 3.25. The maximum atomic E-state index is 12.4. The van der Waals surface area contributed by atoms with Crippen LogP contribution < -0.4 is 0 Å². The van der Waals surface area contributed by atoms with Gasteiger partial charge in [0.25, 0.3) is 5.91 Å². The predicted octanol–water partition coefficient (Wildman–Crippen LogP) is 3.34. The van der Waals surface area contributed by atoms with Crippen LogP contribution in [0.15, 0.2) is 22.7 Å². The molecule has 0 bridgehead atoms. The van der Waals surface area contributed by atoms with Crippen LogP contribution in [-0.2, 0) is 0 Å². The third-order valence-electron chi connectivity index (χ3n) is 2.93. The van der Waals surface area contributed by atoms with Crippen LogP contribution in [0, 0.1) is 6.92 Å². The molecule has 1 aliphatic rings. The van der Waals surface area contributed by atoms with E-state index in [0.717, 1.165) is 40.9 Å². The number of hydrogen-bond acceptors (Lipinski definition) is 2. The minimum absolute atomic E-state index is 0.156. The second-order valence-electron chi connectivity index (χ2n) is 4.19. The van der Waals surface area contributed by atoms with E-state index in [1.54, 1.807) is 0 Å². The lowest BCUT2D eigenvalue weighted by molar-refractivity contribution is 0.0767. The highest BCUT2D eigenvalue weighted by molar-refractivity contribution is 9.10. The fourth-order valence-electron chi connectivity index (χ4n) is 1.93. The van der Waals surface area contributed by atoms with Crippen molar-refractivity contribution in [1.29, 1.82) is 0 Å². The maximum Gasteiger partial charge on any atom is 0.255 e. The number of carbonyl (C=O) groups excluding carboxylic acids is 1. The number of carbonyl (C=O) groups is 1. The first-order chi connectivity index (χ1) is 8.20. The zero-order valence-corrected chi connectivity index (χ0v) is 12.3. The molecule has 0 radical (unpaired) electrons. The number of rotatable bonds is 1. The van der Waals surface area contributed by atoms with Crippen molar-refractivity contribution < 1.29 is 4.79 Å². The molecule has 2 rings (SSSR count). The molecule has 1 saturated heterocycles. The first-order valence-corrected chi connectivity index (χ1v) is 7.77. The van der Waals surface area contributed by atoms with Crippen LogP contribution in [0.4, 0.5) is 0 Å².